The van der Waals surface area contributed by atoms with Crippen LogP contribution in [0.2, 0.25) is 0 Å². The zero-order valence-corrected chi connectivity index (χ0v) is 17.1. The summed E-state index contributed by atoms with van der Waals surface area (Å²) in [7, 11) is 3.30. The topological polar surface area (TPSA) is 51.2 Å². The lowest BCUT2D eigenvalue weighted by Gasteiger charge is -2.30. The number of hydrogen-bond donors (Lipinski definition) is 0. The van der Waals surface area contributed by atoms with E-state index in [0.29, 0.717) is 18.5 Å². The second-order valence-electron chi connectivity index (χ2n) is 8.25. The fourth-order valence-corrected chi connectivity index (χ4v) is 4.58. The minimum atomic E-state index is 0.128. The van der Waals surface area contributed by atoms with Gasteiger partial charge in [-0.05, 0) is 55.7 Å². The molecule has 1 aliphatic carbocycles. The molecule has 4 rings (SSSR count). The maximum absolute atomic E-state index is 13.2. The summed E-state index contributed by atoms with van der Waals surface area (Å²) in [4.78, 5) is 17.7. The zero-order valence-electron chi connectivity index (χ0n) is 17.1. The number of methoxy groups -OCH3 is 2. The second-order valence-corrected chi connectivity index (χ2v) is 8.25. The van der Waals surface area contributed by atoms with Gasteiger partial charge in [0.2, 0.25) is 5.91 Å². The Bertz CT molecular complexity index is 685. The lowest BCUT2D eigenvalue weighted by Crippen LogP contribution is -2.42. The van der Waals surface area contributed by atoms with E-state index in [4.69, 9.17) is 14.2 Å². The quantitative estimate of drug-likeness (QED) is 0.685. The molecule has 1 aromatic rings. The van der Waals surface area contributed by atoms with Crippen LogP contribution in [-0.2, 0) is 9.53 Å². The van der Waals surface area contributed by atoms with Gasteiger partial charge in [0.15, 0.2) is 11.5 Å². The lowest BCUT2D eigenvalue weighted by molar-refractivity contribution is -0.133. The molecule has 0 bridgehead atoms. The van der Waals surface area contributed by atoms with Gasteiger partial charge in [0.25, 0.3) is 0 Å². The van der Waals surface area contributed by atoms with Crippen molar-refractivity contribution >= 4 is 5.91 Å². The van der Waals surface area contributed by atoms with Crippen LogP contribution in [-0.4, -0.2) is 68.8 Å². The molecule has 154 valence electrons. The molecule has 0 aromatic heterocycles. The van der Waals surface area contributed by atoms with Crippen LogP contribution in [0.15, 0.2) is 18.2 Å². The van der Waals surface area contributed by atoms with Crippen molar-refractivity contribution in [2.24, 2.45) is 5.92 Å². The highest BCUT2D eigenvalue weighted by Crippen LogP contribution is 2.37. The summed E-state index contributed by atoms with van der Waals surface area (Å²) in [6.45, 7) is 4.07. The first-order valence-electron chi connectivity index (χ1n) is 10.5. The molecule has 0 N–H and O–H groups in total. The van der Waals surface area contributed by atoms with Crippen LogP contribution in [0.25, 0.3) is 0 Å². The lowest BCUT2D eigenvalue weighted by atomic mass is 10.0. The third-order valence-electron chi connectivity index (χ3n) is 6.28. The smallest absolute Gasteiger partial charge is 0.237 e. The SMILES string of the molecule is COc1ccc(C2CCCN2C(=O)CN(CC2CCOC2)C2CC2)cc1OC. The number of rotatable bonds is 8. The number of benzene rings is 1. The van der Waals surface area contributed by atoms with Crippen LogP contribution in [0.3, 0.4) is 0 Å². The summed E-state index contributed by atoms with van der Waals surface area (Å²) in [5.74, 6) is 2.28. The van der Waals surface area contributed by atoms with E-state index in [0.717, 1.165) is 62.6 Å². The average Bonchev–Trinajstić information content (AvgIpc) is 3.22. The molecule has 3 fully saturated rings. The van der Waals surface area contributed by atoms with Gasteiger partial charge in [0.1, 0.15) is 0 Å². The van der Waals surface area contributed by atoms with Crippen LogP contribution < -0.4 is 9.47 Å². The summed E-state index contributed by atoms with van der Waals surface area (Å²) in [5, 5.41) is 0. The summed E-state index contributed by atoms with van der Waals surface area (Å²) in [6.07, 6.45) is 5.61. The van der Waals surface area contributed by atoms with Crippen LogP contribution in [0.5, 0.6) is 11.5 Å². The van der Waals surface area contributed by atoms with Crippen molar-refractivity contribution in [3.05, 3.63) is 23.8 Å². The van der Waals surface area contributed by atoms with Gasteiger partial charge in [-0.3, -0.25) is 9.69 Å². The monoisotopic (exact) mass is 388 g/mol. The molecule has 6 heteroatoms. The molecule has 1 saturated carbocycles. The average molecular weight is 389 g/mol. The van der Waals surface area contributed by atoms with Crippen LogP contribution >= 0.6 is 0 Å². The minimum absolute atomic E-state index is 0.128. The fraction of sp³-hybridized carbons (Fsp3) is 0.682. The highest BCUT2D eigenvalue weighted by Gasteiger charge is 2.36. The predicted octanol–water partition coefficient (Wildman–Crippen LogP) is 2.87. The Morgan fingerprint density at radius 1 is 1.18 bits per heavy atom. The van der Waals surface area contributed by atoms with Crippen LogP contribution in [0.4, 0.5) is 0 Å². The maximum Gasteiger partial charge on any atom is 0.237 e. The van der Waals surface area contributed by atoms with Crippen molar-refractivity contribution < 1.29 is 19.0 Å². The molecule has 0 spiro atoms. The number of ether oxygens (including phenoxy) is 3. The summed E-state index contributed by atoms with van der Waals surface area (Å²) in [5.41, 5.74) is 1.13. The maximum atomic E-state index is 13.2. The van der Waals surface area contributed by atoms with Gasteiger partial charge >= 0.3 is 0 Å². The Balaban J connectivity index is 1.44. The number of amides is 1. The number of hydrogen-bond acceptors (Lipinski definition) is 5. The molecule has 1 amide bonds. The first-order chi connectivity index (χ1) is 13.7. The van der Waals surface area contributed by atoms with Gasteiger partial charge < -0.3 is 19.1 Å². The van der Waals surface area contributed by atoms with E-state index >= 15 is 0 Å². The van der Waals surface area contributed by atoms with Crippen molar-refractivity contribution in [2.45, 2.75) is 44.2 Å². The van der Waals surface area contributed by atoms with Gasteiger partial charge in [-0.15, -0.1) is 0 Å². The molecule has 2 unspecified atom stereocenters. The van der Waals surface area contributed by atoms with Crippen molar-refractivity contribution in [3.63, 3.8) is 0 Å². The molecule has 2 atom stereocenters. The number of carbonyl (C=O) groups is 1. The second kappa shape index (κ2) is 8.70. The van der Waals surface area contributed by atoms with Gasteiger partial charge in [0.05, 0.1) is 33.4 Å². The highest BCUT2D eigenvalue weighted by atomic mass is 16.5. The van der Waals surface area contributed by atoms with E-state index in [1.165, 1.54) is 12.8 Å². The third kappa shape index (κ3) is 4.28. The summed E-state index contributed by atoms with van der Waals surface area (Å²) >= 11 is 0. The van der Waals surface area contributed by atoms with E-state index in [9.17, 15) is 4.79 Å². The fourth-order valence-electron chi connectivity index (χ4n) is 4.58. The van der Waals surface area contributed by atoms with Crippen LogP contribution in [0, 0.1) is 5.92 Å². The van der Waals surface area contributed by atoms with Crippen LogP contribution in [0.1, 0.15) is 43.7 Å². The molecular formula is C22H32N2O4. The first-order valence-corrected chi connectivity index (χ1v) is 10.5. The minimum Gasteiger partial charge on any atom is -0.493 e. The van der Waals surface area contributed by atoms with E-state index < -0.39 is 0 Å². The van der Waals surface area contributed by atoms with Crippen molar-refractivity contribution in [2.75, 3.05) is 47.1 Å². The Hall–Kier alpha value is -1.79. The first kappa shape index (κ1) is 19.5. The largest absolute Gasteiger partial charge is 0.493 e. The predicted molar refractivity (Wildman–Crippen MR) is 107 cm³/mol. The van der Waals surface area contributed by atoms with Crippen molar-refractivity contribution in [1.82, 2.24) is 9.80 Å². The summed E-state index contributed by atoms with van der Waals surface area (Å²) in [6, 6.07) is 6.73. The molecule has 28 heavy (non-hydrogen) atoms. The van der Waals surface area contributed by atoms with Crippen molar-refractivity contribution in [1.29, 1.82) is 0 Å². The molecule has 1 aromatic carbocycles. The molecular weight excluding hydrogens is 356 g/mol. The number of carbonyl (C=O) groups excluding carboxylic acids is 1. The van der Waals surface area contributed by atoms with Gasteiger partial charge in [-0.25, -0.2) is 0 Å². The molecule has 2 saturated heterocycles. The molecule has 6 nitrogen and oxygen atoms in total. The third-order valence-corrected chi connectivity index (χ3v) is 6.28. The zero-order chi connectivity index (χ0) is 19.5. The van der Waals surface area contributed by atoms with Gasteiger partial charge in [-0.2, -0.15) is 0 Å². The Morgan fingerprint density at radius 2 is 2.00 bits per heavy atom. The summed E-state index contributed by atoms with van der Waals surface area (Å²) < 4.78 is 16.4. The number of nitrogens with zero attached hydrogens (tertiary/aromatic N) is 2. The van der Waals surface area contributed by atoms with E-state index in [-0.39, 0.29) is 11.9 Å². The van der Waals surface area contributed by atoms with Crippen molar-refractivity contribution in [3.8, 4) is 11.5 Å². The standard InChI is InChI=1S/C22H32N2O4/c1-26-20-8-5-17(12-21(20)27-2)19-4-3-10-24(19)22(25)14-23(18-6-7-18)13-16-9-11-28-15-16/h5,8,12,16,18-19H,3-4,6-7,9-11,13-15H2,1-2H3. The van der Waals surface area contributed by atoms with E-state index in [1.54, 1.807) is 14.2 Å². The molecule has 3 aliphatic rings. The Labute approximate surface area is 167 Å². The number of likely N-dealkylation sites (tertiary alicyclic amines) is 1. The van der Waals surface area contributed by atoms with Gasteiger partial charge in [0, 0.05) is 25.7 Å². The van der Waals surface area contributed by atoms with E-state index in [1.807, 2.05) is 12.1 Å². The highest BCUT2D eigenvalue weighted by molar-refractivity contribution is 5.79. The Morgan fingerprint density at radius 3 is 2.68 bits per heavy atom. The molecule has 2 heterocycles. The molecule has 2 aliphatic heterocycles. The van der Waals surface area contributed by atoms with Gasteiger partial charge in [-0.1, -0.05) is 6.07 Å². The Kier molecular flexibility index (Phi) is 6.07. The molecule has 0 radical (unpaired) electrons. The van der Waals surface area contributed by atoms with E-state index in [2.05, 4.69) is 15.9 Å². The normalized spacial score (nSPS) is 24.8.